The summed E-state index contributed by atoms with van der Waals surface area (Å²) in [5, 5.41) is 21.4. The molecule has 1 aliphatic rings. The van der Waals surface area contributed by atoms with E-state index >= 15 is 0 Å². The molecule has 1 aromatic heterocycles. The van der Waals surface area contributed by atoms with E-state index in [1.165, 1.54) is 11.3 Å². The Morgan fingerprint density at radius 2 is 2.19 bits per heavy atom. The monoisotopic (exact) mass is 286 g/mol. The molecule has 1 aliphatic carbocycles. The Kier molecular flexibility index (Phi) is 3.70. The van der Waals surface area contributed by atoms with Crippen LogP contribution in [-0.2, 0) is 12.8 Å². The van der Waals surface area contributed by atoms with Crippen molar-refractivity contribution in [2.75, 3.05) is 0 Å². The lowest BCUT2D eigenvalue weighted by Crippen LogP contribution is -2.36. The van der Waals surface area contributed by atoms with Crippen molar-refractivity contribution < 1.29 is 4.92 Å². The molecule has 2 aromatic rings. The van der Waals surface area contributed by atoms with Crippen LogP contribution in [0, 0.1) is 10.1 Å². The molecule has 0 aliphatic heterocycles. The highest BCUT2D eigenvalue weighted by molar-refractivity contribution is 5.34. The van der Waals surface area contributed by atoms with Crippen LogP contribution in [0.5, 0.6) is 0 Å². The number of nitrogens with zero attached hydrogens (tertiary/aromatic N) is 2. The number of fused-ring (bicyclic) bond motifs is 1. The maximum atomic E-state index is 10.7. The van der Waals surface area contributed by atoms with Crippen molar-refractivity contribution in [1.29, 1.82) is 0 Å². The number of nitrogens with one attached hydrogen (secondary N) is 2. The smallest absolute Gasteiger partial charge is 0.269 e. The first-order valence-corrected chi connectivity index (χ1v) is 7.15. The highest BCUT2D eigenvalue weighted by Gasteiger charge is 2.21. The maximum Gasteiger partial charge on any atom is 0.269 e. The van der Waals surface area contributed by atoms with E-state index in [0.717, 1.165) is 24.8 Å². The minimum atomic E-state index is -0.372. The van der Waals surface area contributed by atoms with Gasteiger partial charge in [0.15, 0.2) is 0 Å². The molecule has 1 aromatic carbocycles. The maximum absolute atomic E-state index is 10.7. The van der Waals surface area contributed by atoms with Gasteiger partial charge in [-0.1, -0.05) is 12.1 Å². The van der Waals surface area contributed by atoms with Crippen LogP contribution in [0.4, 0.5) is 5.69 Å². The third kappa shape index (κ3) is 2.95. The highest BCUT2D eigenvalue weighted by Crippen LogP contribution is 2.23. The molecule has 6 heteroatoms. The van der Waals surface area contributed by atoms with Crippen molar-refractivity contribution >= 4 is 5.69 Å². The van der Waals surface area contributed by atoms with E-state index in [1.54, 1.807) is 12.1 Å². The second kappa shape index (κ2) is 5.65. The van der Waals surface area contributed by atoms with Gasteiger partial charge in [0, 0.05) is 29.9 Å². The van der Waals surface area contributed by atoms with E-state index in [0.29, 0.717) is 6.04 Å². The lowest BCUT2D eigenvalue weighted by atomic mass is 9.92. The molecule has 0 bridgehead atoms. The predicted molar refractivity (Wildman–Crippen MR) is 79.0 cm³/mol. The molecule has 0 radical (unpaired) electrons. The third-order valence-electron chi connectivity index (χ3n) is 4.11. The summed E-state index contributed by atoms with van der Waals surface area (Å²) in [5.41, 5.74) is 3.73. The van der Waals surface area contributed by atoms with Crippen molar-refractivity contribution in [3.05, 3.63) is 57.4 Å². The fraction of sp³-hybridized carbons (Fsp3) is 0.400. The van der Waals surface area contributed by atoms with Gasteiger partial charge in [0.05, 0.1) is 11.1 Å². The number of benzene rings is 1. The molecule has 110 valence electrons. The van der Waals surface area contributed by atoms with E-state index in [2.05, 4.69) is 22.4 Å². The second-order valence-electron chi connectivity index (χ2n) is 5.55. The zero-order valence-electron chi connectivity index (χ0n) is 11.9. The van der Waals surface area contributed by atoms with Gasteiger partial charge in [-0.25, -0.2) is 0 Å². The Labute approximate surface area is 122 Å². The molecule has 3 rings (SSSR count). The zero-order chi connectivity index (χ0) is 14.8. The van der Waals surface area contributed by atoms with Gasteiger partial charge in [-0.2, -0.15) is 5.10 Å². The fourth-order valence-electron chi connectivity index (χ4n) is 2.89. The standard InChI is InChI=1S/C15H18N4O2/c1-10(11-2-5-14(6-3-11)19(20)21)17-13-4-7-15-12(8-13)9-16-18-15/h2-3,5-6,9-10,13,17H,4,7-8H2,1H3,(H,16,18)/t10-,13+/m0/s1. The first kappa shape index (κ1) is 13.8. The Morgan fingerprint density at radius 1 is 1.43 bits per heavy atom. The van der Waals surface area contributed by atoms with E-state index in [9.17, 15) is 10.1 Å². The molecule has 2 N–H and O–H groups in total. The molecule has 21 heavy (non-hydrogen) atoms. The van der Waals surface area contributed by atoms with Gasteiger partial charge in [-0.15, -0.1) is 0 Å². The number of hydrogen-bond donors (Lipinski definition) is 2. The first-order valence-electron chi connectivity index (χ1n) is 7.15. The Balaban J connectivity index is 1.64. The average Bonchev–Trinajstić information content (AvgIpc) is 2.95. The average molecular weight is 286 g/mol. The summed E-state index contributed by atoms with van der Waals surface area (Å²) in [6.45, 7) is 2.09. The molecule has 1 heterocycles. The van der Waals surface area contributed by atoms with Crippen LogP contribution in [0.3, 0.4) is 0 Å². The molecule has 2 atom stereocenters. The van der Waals surface area contributed by atoms with E-state index in [4.69, 9.17) is 0 Å². The molecule has 0 unspecified atom stereocenters. The van der Waals surface area contributed by atoms with Crippen molar-refractivity contribution in [2.24, 2.45) is 0 Å². The van der Waals surface area contributed by atoms with Crippen LogP contribution in [0.15, 0.2) is 30.5 Å². The predicted octanol–water partition coefficient (Wildman–Crippen LogP) is 2.53. The Bertz CT molecular complexity index is 635. The Morgan fingerprint density at radius 3 is 2.90 bits per heavy atom. The minimum Gasteiger partial charge on any atom is -0.307 e. The molecule has 0 amide bonds. The zero-order valence-corrected chi connectivity index (χ0v) is 11.9. The number of rotatable bonds is 4. The lowest BCUT2D eigenvalue weighted by molar-refractivity contribution is -0.384. The summed E-state index contributed by atoms with van der Waals surface area (Å²) < 4.78 is 0. The van der Waals surface area contributed by atoms with Gasteiger partial charge in [0.1, 0.15) is 0 Å². The number of aromatic nitrogens is 2. The molecule has 0 saturated carbocycles. The minimum absolute atomic E-state index is 0.131. The topological polar surface area (TPSA) is 83.8 Å². The van der Waals surface area contributed by atoms with Crippen LogP contribution in [0.1, 0.15) is 36.2 Å². The Hall–Kier alpha value is -2.21. The van der Waals surface area contributed by atoms with Crippen molar-refractivity contribution in [1.82, 2.24) is 15.5 Å². The summed E-state index contributed by atoms with van der Waals surface area (Å²) in [7, 11) is 0. The van der Waals surface area contributed by atoms with Crippen LogP contribution in [0.25, 0.3) is 0 Å². The number of hydrogen-bond acceptors (Lipinski definition) is 4. The number of aromatic amines is 1. The van der Waals surface area contributed by atoms with Gasteiger partial charge < -0.3 is 5.32 Å². The van der Waals surface area contributed by atoms with Crippen molar-refractivity contribution in [3.8, 4) is 0 Å². The van der Waals surface area contributed by atoms with Crippen LogP contribution in [0.2, 0.25) is 0 Å². The molecular weight excluding hydrogens is 268 g/mol. The largest absolute Gasteiger partial charge is 0.307 e. The number of aryl methyl sites for hydroxylation is 1. The summed E-state index contributed by atoms with van der Waals surface area (Å²) in [4.78, 5) is 10.3. The molecule has 0 saturated heterocycles. The van der Waals surface area contributed by atoms with Gasteiger partial charge in [-0.3, -0.25) is 15.2 Å². The van der Waals surface area contributed by atoms with Crippen LogP contribution < -0.4 is 5.32 Å². The summed E-state index contributed by atoms with van der Waals surface area (Å²) >= 11 is 0. The number of non-ortho nitro benzene ring substituents is 1. The molecule has 0 fully saturated rings. The lowest BCUT2D eigenvalue weighted by Gasteiger charge is -2.26. The quantitative estimate of drug-likeness (QED) is 0.668. The second-order valence-corrected chi connectivity index (χ2v) is 5.55. The van der Waals surface area contributed by atoms with E-state index in [-0.39, 0.29) is 16.7 Å². The number of nitro benzene ring substituents is 1. The highest BCUT2D eigenvalue weighted by atomic mass is 16.6. The third-order valence-corrected chi connectivity index (χ3v) is 4.11. The number of nitro groups is 1. The van der Waals surface area contributed by atoms with Gasteiger partial charge >= 0.3 is 0 Å². The van der Waals surface area contributed by atoms with Crippen LogP contribution >= 0.6 is 0 Å². The van der Waals surface area contributed by atoms with E-state index in [1.807, 2.05) is 18.3 Å². The van der Waals surface area contributed by atoms with Crippen molar-refractivity contribution in [2.45, 2.75) is 38.3 Å². The molecular formula is C15H18N4O2. The number of H-pyrrole nitrogens is 1. The van der Waals surface area contributed by atoms with E-state index < -0.39 is 0 Å². The van der Waals surface area contributed by atoms with Crippen LogP contribution in [-0.4, -0.2) is 21.2 Å². The molecule has 0 spiro atoms. The summed E-state index contributed by atoms with van der Waals surface area (Å²) in [6, 6.07) is 7.35. The summed E-state index contributed by atoms with van der Waals surface area (Å²) in [6.07, 6.45) is 4.97. The van der Waals surface area contributed by atoms with Gasteiger partial charge in [0.25, 0.3) is 5.69 Å². The van der Waals surface area contributed by atoms with Crippen molar-refractivity contribution in [3.63, 3.8) is 0 Å². The summed E-state index contributed by atoms with van der Waals surface area (Å²) in [5.74, 6) is 0. The van der Waals surface area contributed by atoms with Gasteiger partial charge in [-0.05, 0) is 37.3 Å². The SMILES string of the molecule is C[C@H](N[C@@H]1CCc2[nH]ncc2C1)c1ccc([N+](=O)[O-])cc1. The molecule has 6 nitrogen and oxygen atoms in total. The van der Waals surface area contributed by atoms with Gasteiger partial charge in [0.2, 0.25) is 0 Å². The first-order chi connectivity index (χ1) is 10.1. The fourth-order valence-corrected chi connectivity index (χ4v) is 2.89. The normalized spacial score (nSPS) is 19.0.